The van der Waals surface area contributed by atoms with Crippen molar-refractivity contribution >= 4 is 15.9 Å². The summed E-state index contributed by atoms with van der Waals surface area (Å²) in [6, 6.07) is 8.11. The van der Waals surface area contributed by atoms with Gasteiger partial charge in [0.2, 0.25) is 0 Å². The number of hydrogen-bond donors (Lipinski definition) is 1. The van der Waals surface area contributed by atoms with E-state index in [-0.39, 0.29) is 6.67 Å². The Labute approximate surface area is 86.5 Å². The van der Waals surface area contributed by atoms with Crippen molar-refractivity contribution in [3.05, 3.63) is 34.3 Å². The van der Waals surface area contributed by atoms with Crippen molar-refractivity contribution in [3.8, 4) is 0 Å². The van der Waals surface area contributed by atoms with Gasteiger partial charge in [-0.25, -0.2) is 0 Å². The summed E-state index contributed by atoms with van der Waals surface area (Å²) in [4.78, 5) is 0. The second-order valence-electron chi connectivity index (χ2n) is 2.85. The van der Waals surface area contributed by atoms with Gasteiger partial charge in [0, 0.05) is 11.0 Å². The third-order valence-corrected chi connectivity index (χ3v) is 2.26. The highest BCUT2D eigenvalue weighted by atomic mass is 79.9. The molecule has 1 N–H and O–H groups in total. The normalized spacial score (nSPS) is 10.3. The van der Waals surface area contributed by atoms with Gasteiger partial charge >= 0.3 is 0 Å². The molecule has 3 heteroatoms. The fourth-order valence-electron chi connectivity index (χ4n) is 1.03. The van der Waals surface area contributed by atoms with E-state index >= 15 is 0 Å². The van der Waals surface area contributed by atoms with Gasteiger partial charge in [-0.05, 0) is 30.7 Å². The van der Waals surface area contributed by atoms with Gasteiger partial charge in [-0.3, -0.25) is 4.39 Å². The van der Waals surface area contributed by atoms with E-state index in [1.54, 1.807) is 0 Å². The van der Waals surface area contributed by atoms with E-state index in [1.165, 1.54) is 5.56 Å². The van der Waals surface area contributed by atoms with Crippen LogP contribution in [0, 0.1) is 0 Å². The summed E-state index contributed by atoms with van der Waals surface area (Å²) in [7, 11) is 0. The zero-order valence-electron chi connectivity index (χ0n) is 7.39. The summed E-state index contributed by atoms with van der Waals surface area (Å²) in [5.41, 5.74) is 1.22. The van der Waals surface area contributed by atoms with Crippen molar-refractivity contribution in [2.24, 2.45) is 0 Å². The zero-order valence-corrected chi connectivity index (χ0v) is 8.98. The maximum atomic E-state index is 11.7. The smallest absolute Gasteiger partial charge is 0.0906 e. The molecule has 0 saturated heterocycles. The summed E-state index contributed by atoms with van der Waals surface area (Å²) >= 11 is 3.37. The molecule has 0 aliphatic rings. The van der Waals surface area contributed by atoms with Crippen molar-refractivity contribution < 1.29 is 4.39 Å². The molecule has 0 aromatic heterocycles. The van der Waals surface area contributed by atoms with Gasteiger partial charge in [-0.15, -0.1) is 0 Å². The highest BCUT2D eigenvalue weighted by Crippen LogP contribution is 2.09. The monoisotopic (exact) mass is 245 g/mol. The summed E-state index contributed by atoms with van der Waals surface area (Å²) < 4.78 is 12.8. The Morgan fingerprint density at radius 2 is 1.92 bits per heavy atom. The molecule has 0 amide bonds. The number of alkyl halides is 1. The minimum Gasteiger partial charge on any atom is -0.313 e. The van der Waals surface area contributed by atoms with Crippen molar-refractivity contribution in [2.75, 3.05) is 13.2 Å². The van der Waals surface area contributed by atoms with Gasteiger partial charge in [-0.1, -0.05) is 28.1 Å². The minimum absolute atomic E-state index is 0.243. The van der Waals surface area contributed by atoms with Gasteiger partial charge in [0.25, 0.3) is 0 Å². The fraction of sp³-hybridized carbons (Fsp3) is 0.400. The average Bonchev–Trinajstić information content (AvgIpc) is 2.15. The molecule has 72 valence electrons. The van der Waals surface area contributed by atoms with E-state index in [2.05, 4.69) is 21.2 Å². The SMILES string of the molecule is FCCCNCc1ccc(Br)cc1. The Balaban J connectivity index is 2.25. The van der Waals surface area contributed by atoms with E-state index in [1.807, 2.05) is 24.3 Å². The molecule has 1 aromatic carbocycles. The quantitative estimate of drug-likeness (QED) is 0.787. The molecular weight excluding hydrogens is 233 g/mol. The van der Waals surface area contributed by atoms with E-state index in [0.29, 0.717) is 6.42 Å². The number of nitrogens with one attached hydrogen (secondary N) is 1. The standard InChI is InChI=1S/C10H13BrFN/c11-10-4-2-9(3-5-10)8-13-7-1-6-12/h2-5,13H,1,6-8H2. The molecule has 0 heterocycles. The van der Waals surface area contributed by atoms with E-state index in [4.69, 9.17) is 0 Å². The van der Waals surface area contributed by atoms with Crippen LogP contribution in [0.2, 0.25) is 0 Å². The van der Waals surface area contributed by atoms with Crippen LogP contribution in [0.4, 0.5) is 4.39 Å². The molecule has 13 heavy (non-hydrogen) atoms. The topological polar surface area (TPSA) is 12.0 Å². The highest BCUT2D eigenvalue weighted by molar-refractivity contribution is 9.10. The summed E-state index contributed by atoms with van der Waals surface area (Å²) in [6.07, 6.45) is 0.594. The maximum absolute atomic E-state index is 11.7. The molecule has 0 saturated carbocycles. The molecule has 0 aliphatic carbocycles. The van der Waals surface area contributed by atoms with E-state index in [0.717, 1.165) is 17.6 Å². The number of halogens is 2. The first-order valence-electron chi connectivity index (χ1n) is 4.34. The predicted octanol–water partition coefficient (Wildman–Crippen LogP) is 2.90. The van der Waals surface area contributed by atoms with Gasteiger partial charge < -0.3 is 5.32 Å². The molecule has 0 fully saturated rings. The molecule has 0 unspecified atom stereocenters. The van der Waals surface area contributed by atoms with Crippen molar-refractivity contribution in [2.45, 2.75) is 13.0 Å². The highest BCUT2D eigenvalue weighted by Gasteiger charge is 1.92. The lowest BCUT2D eigenvalue weighted by Gasteiger charge is -2.02. The van der Waals surface area contributed by atoms with Gasteiger partial charge in [0.15, 0.2) is 0 Å². The summed E-state index contributed by atoms with van der Waals surface area (Å²) in [5.74, 6) is 0. The molecule has 0 bridgehead atoms. The molecule has 0 aliphatic heterocycles. The maximum Gasteiger partial charge on any atom is 0.0906 e. The number of rotatable bonds is 5. The second-order valence-corrected chi connectivity index (χ2v) is 3.76. The predicted molar refractivity (Wildman–Crippen MR) is 56.4 cm³/mol. The van der Waals surface area contributed by atoms with Gasteiger partial charge in [0.05, 0.1) is 6.67 Å². The van der Waals surface area contributed by atoms with Crippen LogP contribution in [0.15, 0.2) is 28.7 Å². The first kappa shape index (κ1) is 10.7. The van der Waals surface area contributed by atoms with Crippen LogP contribution in [-0.2, 0) is 6.54 Å². The Kier molecular flexibility index (Phi) is 5.01. The largest absolute Gasteiger partial charge is 0.313 e. The molecule has 1 rings (SSSR count). The Bertz CT molecular complexity index is 235. The van der Waals surface area contributed by atoms with Crippen LogP contribution in [0.5, 0.6) is 0 Å². The van der Waals surface area contributed by atoms with E-state index in [9.17, 15) is 4.39 Å². The molecular formula is C10H13BrFN. The van der Waals surface area contributed by atoms with Crippen LogP contribution in [0.25, 0.3) is 0 Å². The van der Waals surface area contributed by atoms with Crippen LogP contribution in [-0.4, -0.2) is 13.2 Å². The first-order valence-corrected chi connectivity index (χ1v) is 5.13. The number of benzene rings is 1. The Hall–Kier alpha value is -0.410. The van der Waals surface area contributed by atoms with Crippen molar-refractivity contribution in [1.82, 2.24) is 5.32 Å². The third-order valence-electron chi connectivity index (χ3n) is 1.73. The lowest BCUT2D eigenvalue weighted by atomic mass is 10.2. The zero-order chi connectivity index (χ0) is 9.52. The first-order chi connectivity index (χ1) is 6.33. The fourth-order valence-corrected chi connectivity index (χ4v) is 1.29. The third kappa shape index (κ3) is 4.39. The summed E-state index contributed by atoms with van der Waals surface area (Å²) in [5, 5.41) is 3.17. The minimum atomic E-state index is -0.243. The van der Waals surface area contributed by atoms with Crippen LogP contribution in [0.1, 0.15) is 12.0 Å². The molecule has 0 spiro atoms. The number of hydrogen-bond acceptors (Lipinski definition) is 1. The van der Waals surface area contributed by atoms with Crippen molar-refractivity contribution in [1.29, 1.82) is 0 Å². The van der Waals surface area contributed by atoms with Crippen LogP contribution in [0.3, 0.4) is 0 Å². The molecule has 1 aromatic rings. The molecule has 0 atom stereocenters. The van der Waals surface area contributed by atoms with E-state index < -0.39 is 0 Å². The average molecular weight is 246 g/mol. The van der Waals surface area contributed by atoms with Crippen molar-refractivity contribution in [3.63, 3.8) is 0 Å². The molecule has 1 nitrogen and oxygen atoms in total. The Morgan fingerprint density at radius 1 is 1.23 bits per heavy atom. The lowest BCUT2D eigenvalue weighted by molar-refractivity contribution is 0.459. The van der Waals surface area contributed by atoms with Gasteiger partial charge in [0.1, 0.15) is 0 Å². The lowest BCUT2D eigenvalue weighted by Crippen LogP contribution is -2.14. The van der Waals surface area contributed by atoms with Gasteiger partial charge in [-0.2, -0.15) is 0 Å². The van der Waals surface area contributed by atoms with Crippen LogP contribution >= 0.6 is 15.9 Å². The second kappa shape index (κ2) is 6.11. The summed E-state index contributed by atoms with van der Waals surface area (Å²) in [6.45, 7) is 1.31. The van der Waals surface area contributed by atoms with Crippen LogP contribution < -0.4 is 5.32 Å². The Morgan fingerprint density at radius 3 is 2.54 bits per heavy atom. The molecule has 0 radical (unpaired) electrons.